The largest absolute Gasteiger partial charge is 0.251 e. The maximum Gasteiger partial charge on any atom is 0.241 e. The van der Waals surface area contributed by atoms with E-state index in [1.165, 1.54) is 23.0 Å². The summed E-state index contributed by atoms with van der Waals surface area (Å²) in [5.74, 6) is -0.443. The van der Waals surface area contributed by atoms with Crippen LogP contribution < -0.4 is 4.72 Å². The molecule has 0 atom stereocenters. The van der Waals surface area contributed by atoms with Crippen molar-refractivity contribution in [1.82, 2.24) is 19.7 Å². The summed E-state index contributed by atoms with van der Waals surface area (Å²) in [6.07, 6.45) is 3.16. The standard InChI is InChI=1S/C12H15FN4O2S/c1-9-7-11(13)8-10(2)12(9)20(18,19)15-4-6-17-5-3-14-16-17/h3,5,7-8,15H,4,6H2,1-2H3. The van der Waals surface area contributed by atoms with Crippen molar-refractivity contribution in [3.05, 3.63) is 41.5 Å². The van der Waals surface area contributed by atoms with Gasteiger partial charge in [-0.25, -0.2) is 17.5 Å². The van der Waals surface area contributed by atoms with Gasteiger partial charge in [-0.2, -0.15) is 0 Å². The maximum atomic E-state index is 13.2. The van der Waals surface area contributed by atoms with Gasteiger partial charge >= 0.3 is 0 Å². The Labute approximate surface area is 116 Å². The van der Waals surface area contributed by atoms with Crippen LogP contribution in [0, 0.1) is 19.7 Å². The van der Waals surface area contributed by atoms with Gasteiger partial charge in [-0.3, -0.25) is 4.68 Å². The Hall–Kier alpha value is -1.80. The molecule has 1 aromatic carbocycles. The molecule has 0 unspecified atom stereocenters. The van der Waals surface area contributed by atoms with E-state index in [0.717, 1.165) is 0 Å². The van der Waals surface area contributed by atoms with E-state index in [2.05, 4.69) is 15.0 Å². The molecular formula is C12H15FN4O2S. The number of nitrogens with one attached hydrogen (secondary N) is 1. The van der Waals surface area contributed by atoms with Gasteiger partial charge in [0, 0.05) is 12.7 Å². The van der Waals surface area contributed by atoms with Gasteiger partial charge in [-0.1, -0.05) is 5.21 Å². The van der Waals surface area contributed by atoms with E-state index in [9.17, 15) is 12.8 Å². The van der Waals surface area contributed by atoms with Gasteiger partial charge in [0.15, 0.2) is 0 Å². The van der Waals surface area contributed by atoms with Crippen LogP contribution in [-0.2, 0) is 16.6 Å². The minimum absolute atomic E-state index is 0.123. The first-order chi connectivity index (χ1) is 9.40. The first kappa shape index (κ1) is 14.6. The number of hydrogen-bond acceptors (Lipinski definition) is 4. The average molecular weight is 298 g/mol. The monoisotopic (exact) mass is 298 g/mol. The van der Waals surface area contributed by atoms with E-state index in [4.69, 9.17) is 0 Å². The third-order valence-corrected chi connectivity index (χ3v) is 4.56. The Bertz CT molecular complexity index is 675. The van der Waals surface area contributed by atoms with Crippen LogP contribution in [0.25, 0.3) is 0 Å². The predicted octanol–water partition coefficient (Wildman–Crippen LogP) is 1.01. The fourth-order valence-corrected chi connectivity index (χ4v) is 3.51. The topological polar surface area (TPSA) is 76.9 Å². The highest BCUT2D eigenvalue weighted by Gasteiger charge is 2.19. The molecule has 0 aliphatic heterocycles. The zero-order valence-corrected chi connectivity index (χ0v) is 12.0. The quantitative estimate of drug-likeness (QED) is 0.894. The molecule has 8 heteroatoms. The van der Waals surface area contributed by atoms with Crippen molar-refractivity contribution in [3.8, 4) is 0 Å². The third-order valence-electron chi connectivity index (χ3n) is 2.80. The van der Waals surface area contributed by atoms with Gasteiger partial charge in [-0.05, 0) is 37.1 Å². The van der Waals surface area contributed by atoms with Crippen LogP contribution >= 0.6 is 0 Å². The van der Waals surface area contributed by atoms with Crippen LogP contribution in [0.15, 0.2) is 29.4 Å². The average Bonchev–Trinajstić information content (AvgIpc) is 2.79. The molecule has 0 bridgehead atoms. The predicted molar refractivity (Wildman–Crippen MR) is 71.1 cm³/mol. The SMILES string of the molecule is Cc1cc(F)cc(C)c1S(=O)(=O)NCCn1ccnn1. The molecule has 2 rings (SSSR count). The number of benzene rings is 1. The zero-order valence-electron chi connectivity index (χ0n) is 11.2. The molecule has 108 valence electrons. The summed E-state index contributed by atoms with van der Waals surface area (Å²) in [4.78, 5) is 0.123. The fourth-order valence-electron chi connectivity index (χ4n) is 2.04. The van der Waals surface area contributed by atoms with Gasteiger partial charge in [0.2, 0.25) is 10.0 Å². The van der Waals surface area contributed by atoms with E-state index >= 15 is 0 Å². The van der Waals surface area contributed by atoms with Gasteiger partial charge < -0.3 is 0 Å². The molecule has 1 aromatic heterocycles. The van der Waals surface area contributed by atoms with Crippen LogP contribution in [0.3, 0.4) is 0 Å². The third kappa shape index (κ3) is 3.20. The molecular weight excluding hydrogens is 283 g/mol. The summed E-state index contributed by atoms with van der Waals surface area (Å²) in [6.45, 7) is 3.70. The van der Waals surface area contributed by atoms with Gasteiger partial charge in [0.05, 0.1) is 17.6 Å². The summed E-state index contributed by atoms with van der Waals surface area (Å²) in [5, 5.41) is 7.36. The number of halogens is 1. The molecule has 0 radical (unpaired) electrons. The fraction of sp³-hybridized carbons (Fsp3) is 0.333. The lowest BCUT2D eigenvalue weighted by molar-refractivity contribution is 0.551. The molecule has 2 aromatic rings. The highest BCUT2D eigenvalue weighted by molar-refractivity contribution is 7.89. The Morgan fingerprint density at radius 1 is 1.30 bits per heavy atom. The smallest absolute Gasteiger partial charge is 0.241 e. The molecule has 0 spiro atoms. The summed E-state index contributed by atoms with van der Waals surface area (Å²) in [5.41, 5.74) is 0.770. The lowest BCUT2D eigenvalue weighted by Crippen LogP contribution is -2.28. The van der Waals surface area contributed by atoms with Crippen molar-refractivity contribution < 1.29 is 12.8 Å². The second-order valence-electron chi connectivity index (χ2n) is 4.43. The number of nitrogens with zero attached hydrogens (tertiary/aromatic N) is 3. The maximum absolute atomic E-state index is 13.2. The Morgan fingerprint density at radius 2 is 1.95 bits per heavy atom. The van der Waals surface area contributed by atoms with Crippen molar-refractivity contribution >= 4 is 10.0 Å². The first-order valence-corrected chi connectivity index (χ1v) is 7.49. The van der Waals surface area contributed by atoms with E-state index in [1.807, 2.05) is 0 Å². The van der Waals surface area contributed by atoms with Crippen LogP contribution in [0.5, 0.6) is 0 Å². The van der Waals surface area contributed by atoms with Crippen LogP contribution in [0.1, 0.15) is 11.1 Å². The van der Waals surface area contributed by atoms with E-state index in [0.29, 0.717) is 17.7 Å². The Morgan fingerprint density at radius 3 is 2.50 bits per heavy atom. The van der Waals surface area contributed by atoms with Crippen molar-refractivity contribution in [2.45, 2.75) is 25.3 Å². The Balaban J connectivity index is 2.14. The molecule has 1 N–H and O–H groups in total. The molecule has 20 heavy (non-hydrogen) atoms. The molecule has 6 nitrogen and oxygen atoms in total. The second-order valence-corrected chi connectivity index (χ2v) is 6.14. The minimum Gasteiger partial charge on any atom is -0.251 e. The van der Waals surface area contributed by atoms with Crippen molar-refractivity contribution in [1.29, 1.82) is 0 Å². The molecule has 0 fully saturated rings. The molecule has 0 saturated carbocycles. The number of hydrogen-bond donors (Lipinski definition) is 1. The minimum atomic E-state index is -3.67. The molecule has 0 aliphatic rings. The van der Waals surface area contributed by atoms with E-state index in [1.54, 1.807) is 20.0 Å². The van der Waals surface area contributed by atoms with E-state index in [-0.39, 0.29) is 11.4 Å². The van der Waals surface area contributed by atoms with Gasteiger partial charge in [-0.15, -0.1) is 5.10 Å². The summed E-state index contributed by atoms with van der Waals surface area (Å²) < 4.78 is 41.7. The first-order valence-electron chi connectivity index (χ1n) is 6.00. The van der Waals surface area contributed by atoms with E-state index < -0.39 is 15.8 Å². The van der Waals surface area contributed by atoms with Crippen LogP contribution in [-0.4, -0.2) is 30.0 Å². The number of aromatic nitrogens is 3. The molecule has 0 amide bonds. The Kier molecular flexibility index (Phi) is 4.15. The summed E-state index contributed by atoms with van der Waals surface area (Å²) >= 11 is 0. The summed E-state index contributed by atoms with van der Waals surface area (Å²) in [6, 6.07) is 2.41. The van der Waals surface area contributed by atoms with Crippen molar-refractivity contribution in [2.24, 2.45) is 0 Å². The van der Waals surface area contributed by atoms with Crippen LogP contribution in [0.4, 0.5) is 4.39 Å². The van der Waals surface area contributed by atoms with Crippen molar-refractivity contribution in [2.75, 3.05) is 6.54 Å². The molecule has 0 saturated heterocycles. The van der Waals surface area contributed by atoms with Gasteiger partial charge in [0.25, 0.3) is 0 Å². The number of sulfonamides is 1. The van der Waals surface area contributed by atoms with Crippen molar-refractivity contribution in [3.63, 3.8) is 0 Å². The zero-order chi connectivity index (χ0) is 14.8. The highest BCUT2D eigenvalue weighted by Crippen LogP contribution is 2.20. The second kappa shape index (κ2) is 5.68. The lowest BCUT2D eigenvalue weighted by Gasteiger charge is -2.12. The lowest BCUT2D eigenvalue weighted by atomic mass is 10.1. The molecule has 0 aliphatic carbocycles. The normalized spacial score (nSPS) is 11.8. The molecule has 1 heterocycles. The number of rotatable bonds is 5. The number of aryl methyl sites for hydroxylation is 2. The van der Waals surface area contributed by atoms with Gasteiger partial charge in [0.1, 0.15) is 5.82 Å². The van der Waals surface area contributed by atoms with Crippen LogP contribution in [0.2, 0.25) is 0 Å². The highest BCUT2D eigenvalue weighted by atomic mass is 32.2. The summed E-state index contributed by atoms with van der Waals surface area (Å²) in [7, 11) is -3.67.